The standard InChI is InChI=1S/C27H33N3O4S.C26H31N3O4S/c1-20-10-12-21(13-11-20)35(32,33)28(5)24-14-15-25(23-9-7-6-8-22(23)24)29-16-18-30(19-17-29)26(31)34-27(2,3)4;1-19-9-11-20(12-10-19)34(31,32)27-23-13-14-24(22-8-6-5-7-21(22)23)28-15-17-29(18-16-28)25(30)33-26(2,3)4/h6-15H,16-19H2,1-5H3;5-14,27H,15-18H2,1-4H3. The lowest BCUT2D eigenvalue weighted by Crippen LogP contribution is -2.50. The number of carbonyl (C=O) groups is 2. The number of aryl methyl sites for hydroxylation is 2. The van der Waals surface area contributed by atoms with E-state index in [1.54, 1.807) is 65.4 Å². The van der Waals surface area contributed by atoms with Crippen LogP contribution in [0.2, 0.25) is 0 Å². The second kappa shape index (κ2) is 20.2. The lowest BCUT2D eigenvalue weighted by atomic mass is 10.1. The Morgan fingerprint density at radius 3 is 1.35 bits per heavy atom. The highest BCUT2D eigenvalue weighted by molar-refractivity contribution is 7.93. The molecule has 0 spiro atoms. The van der Waals surface area contributed by atoms with Crippen molar-refractivity contribution >= 4 is 76.5 Å². The van der Waals surface area contributed by atoms with Crippen LogP contribution in [-0.4, -0.2) is 109 Å². The number of amides is 2. The number of nitrogens with zero attached hydrogens (tertiary/aromatic N) is 5. The largest absolute Gasteiger partial charge is 0.444 e. The summed E-state index contributed by atoms with van der Waals surface area (Å²) in [4.78, 5) is 33.3. The maximum Gasteiger partial charge on any atom is 0.410 e. The van der Waals surface area contributed by atoms with Crippen molar-refractivity contribution in [3.05, 3.63) is 132 Å². The highest BCUT2D eigenvalue weighted by Crippen LogP contribution is 2.37. The average Bonchev–Trinajstić information content (AvgIpc) is 3.30. The van der Waals surface area contributed by atoms with Crippen molar-refractivity contribution in [3.8, 4) is 0 Å². The first kappa shape index (κ1) is 50.4. The van der Waals surface area contributed by atoms with Crippen LogP contribution < -0.4 is 18.8 Å². The molecule has 2 fully saturated rings. The van der Waals surface area contributed by atoms with Gasteiger partial charge in [0.1, 0.15) is 11.2 Å². The maximum atomic E-state index is 13.3. The molecule has 69 heavy (non-hydrogen) atoms. The first-order valence-corrected chi connectivity index (χ1v) is 26.1. The van der Waals surface area contributed by atoms with Crippen LogP contribution in [0.5, 0.6) is 0 Å². The molecule has 16 heteroatoms. The smallest absolute Gasteiger partial charge is 0.410 e. The Morgan fingerprint density at radius 1 is 0.507 bits per heavy atom. The number of anilines is 4. The number of benzene rings is 6. The van der Waals surface area contributed by atoms with Crippen molar-refractivity contribution in [1.82, 2.24) is 9.80 Å². The lowest BCUT2D eigenvalue weighted by molar-refractivity contribution is 0.0230. The summed E-state index contributed by atoms with van der Waals surface area (Å²) < 4.78 is 67.7. The molecule has 2 saturated heterocycles. The fraction of sp³-hybridized carbons (Fsp3) is 0.358. The van der Waals surface area contributed by atoms with Gasteiger partial charge in [-0.3, -0.25) is 9.03 Å². The average molecular weight is 977 g/mol. The van der Waals surface area contributed by atoms with Gasteiger partial charge >= 0.3 is 12.2 Å². The van der Waals surface area contributed by atoms with Crippen molar-refractivity contribution in [2.75, 3.05) is 78.2 Å². The van der Waals surface area contributed by atoms with Crippen molar-refractivity contribution < 1.29 is 35.9 Å². The molecule has 0 saturated carbocycles. The van der Waals surface area contributed by atoms with Crippen LogP contribution in [0.15, 0.2) is 131 Å². The predicted octanol–water partition coefficient (Wildman–Crippen LogP) is 10.0. The number of nitrogens with one attached hydrogen (secondary N) is 1. The Morgan fingerprint density at radius 2 is 0.899 bits per heavy atom. The van der Waals surface area contributed by atoms with Gasteiger partial charge in [-0.15, -0.1) is 0 Å². The third-order valence-corrected chi connectivity index (χ3v) is 15.1. The molecule has 2 heterocycles. The summed E-state index contributed by atoms with van der Waals surface area (Å²) in [6, 6.07) is 36.9. The highest BCUT2D eigenvalue weighted by atomic mass is 32.2. The molecule has 2 aliphatic heterocycles. The van der Waals surface area contributed by atoms with Gasteiger partial charge in [-0.2, -0.15) is 0 Å². The molecule has 0 aromatic heterocycles. The second-order valence-electron chi connectivity index (χ2n) is 19.4. The second-order valence-corrected chi connectivity index (χ2v) is 23.1. The number of fused-ring (bicyclic) bond motifs is 2. The number of hydrogen-bond donors (Lipinski definition) is 1. The summed E-state index contributed by atoms with van der Waals surface area (Å²) in [6.07, 6.45) is -0.585. The van der Waals surface area contributed by atoms with Crippen LogP contribution in [0.25, 0.3) is 21.5 Å². The van der Waals surface area contributed by atoms with E-state index in [4.69, 9.17) is 9.47 Å². The van der Waals surface area contributed by atoms with Crippen molar-refractivity contribution in [2.45, 2.75) is 76.4 Å². The topological polar surface area (TPSA) is 149 Å². The Balaban J connectivity index is 0.000000204. The van der Waals surface area contributed by atoms with E-state index in [2.05, 4.69) is 14.5 Å². The Kier molecular flexibility index (Phi) is 14.8. The highest BCUT2D eigenvalue weighted by Gasteiger charge is 2.30. The molecule has 6 aromatic carbocycles. The molecule has 0 unspecified atom stereocenters. The zero-order valence-electron chi connectivity index (χ0n) is 41.0. The van der Waals surface area contributed by atoms with Crippen LogP contribution in [0.4, 0.5) is 32.3 Å². The van der Waals surface area contributed by atoms with Gasteiger partial charge in [0.25, 0.3) is 20.0 Å². The number of sulfonamides is 2. The maximum absolute atomic E-state index is 13.3. The summed E-state index contributed by atoms with van der Waals surface area (Å²) in [6.45, 7) is 19.9. The van der Waals surface area contributed by atoms with Crippen LogP contribution >= 0.6 is 0 Å². The lowest BCUT2D eigenvalue weighted by Gasteiger charge is -2.37. The molecule has 6 aromatic rings. The molecule has 2 amide bonds. The monoisotopic (exact) mass is 976 g/mol. The van der Waals surface area contributed by atoms with E-state index in [-0.39, 0.29) is 22.0 Å². The first-order chi connectivity index (χ1) is 32.5. The van der Waals surface area contributed by atoms with Gasteiger partial charge in [0.15, 0.2) is 0 Å². The summed E-state index contributed by atoms with van der Waals surface area (Å²) in [5, 5.41) is 3.61. The summed E-state index contributed by atoms with van der Waals surface area (Å²) in [5.41, 5.74) is 4.16. The molecule has 1 N–H and O–H groups in total. The molecule has 0 aliphatic carbocycles. The molecular formula is C53H64N6O8S2. The molecule has 366 valence electrons. The number of hydrogen-bond acceptors (Lipinski definition) is 10. The van der Waals surface area contributed by atoms with Gasteiger partial charge in [-0.05, 0) is 104 Å². The van der Waals surface area contributed by atoms with E-state index in [1.165, 1.54) is 4.31 Å². The van der Waals surface area contributed by atoms with E-state index in [1.807, 2.05) is 128 Å². The molecular weight excluding hydrogens is 913 g/mol. The minimum atomic E-state index is -3.71. The zero-order chi connectivity index (χ0) is 49.9. The Labute approximate surface area is 407 Å². The van der Waals surface area contributed by atoms with Crippen LogP contribution in [-0.2, 0) is 29.5 Å². The Bertz CT molecular complexity index is 3030. The summed E-state index contributed by atoms with van der Waals surface area (Å²) >= 11 is 0. The summed E-state index contributed by atoms with van der Waals surface area (Å²) in [7, 11) is -5.83. The summed E-state index contributed by atoms with van der Waals surface area (Å²) in [5.74, 6) is 0. The van der Waals surface area contributed by atoms with E-state index in [0.717, 1.165) is 44.0 Å². The minimum absolute atomic E-state index is 0.226. The predicted molar refractivity (Wildman–Crippen MR) is 277 cm³/mol. The molecule has 14 nitrogen and oxygen atoms in total. The van der Waals surface area contributed by atoms with E-state index >= 15 is 0 Å². The SMILES string of the molecule is Cc1ccc(S(=O)(=O)N(C)c2ccc(N3CCN(C(=O)OC(C)(C)C)CC3)c3ccccc23)cc1.Cc1ccc(S(=O)(=O)Nc2ccc(N3CCN(C(=O)OC(C)(C)C)CC3)c3ccccc23)cc1. The van der Waals surface area contributed by atoms with E-state index < -0.39 is 31.2 Å². The Hall–Kier alpha value is -6.52. The van der Waals surface area contributed by atoms with Crippen LogP contribution in [0, 0.1) is 13.8 Å². The fourth-order valence-corrected chi connectivity index (χ4v) is 10.6. The fourth-order valence-electron chi connectivity index (χ4n) is 8.30. The minimum Gasteiger partial charge on any atom is -0.444 e. The molecule has 2 aliphatic rings. The van der Waals surface area contributed by atoms with Crippen molar-refractivity contribution in [1.29, 1.82) is 0 Å². The third kappa shape index (κ3) is 12.0. The number of piperazine rings is 2. The number of ether oxygens (including phenoxy) is 2. The van der Waals surface area contributed by atoms with Crippen molar-refractivity contribution in [3.63, 3.8) is 0 Å². The van der Waals surface area contributed by atoms with Crippen LogP contribution in [0.3, 0.4) is 0 Å². The van der Waals surface area contributed by atoms with E-state index in [0.29, 0.717) is 63.7 Å². The van der Waals surface area contributed by atoms with Gasteiger partial charge in [-0.25, -0.2) is 26.4 Å². The van der Waals surface area contributed by atoms with Crippen LogP contribution in [0.1, 0.15) is 52.7 Å². The van der Waals surface area contributed by atoms with Gasteiger partial charge in [-0.1, -0.05) is 83.9 Å². The number of carbonyl (C=O) groups excluding carboxylic acids is 2. The van der Waals surface area contributed by atoms with Gasteiger partial charge < -0.3 is 29.1 Å². The molecule has 0 bridgehead atoms. The third-order valence-electron chi connectivity index (χ3n) is 11.9. The quantitative estimate of drug-likeness (QED) is 0.156. The van der Waals surface area contributed by atoms with Gasteiger partial charge in [0, 0.05) is 92.3 Å². The van der Waals surface area contributed by atoms with Gasteiger partial charge in [0.05, 0.1) is 21.2 Å². The van der Waals surface area contributed by atoms with E-state index in [9.17, 15) is 26.4 Å². The molecule has 0 atom stereocenters. The van der Waals surface area contributed by atoms with Crippen molar-refractivity contribution in [2.24, 2.45) is 0 Å². The normalized spacial score (nSPS) is 14.8. The molecule has 0 radical (unpaired) electrons. The number of rotatable bonds is 8. The molecule has 8 rings (SSSR count). The first-order valence-electron chi connectivity index (χ1n) is 23.2. The zero-order valence-corrected chi connectivity index (χ0v) is 42.7. The van der Waals surface area contributed by atoms with Gasteiger partial charge in [0.2, 0.25) is 0 Å².